The predicted molar refractivity (Wildman–Crippen MR) is 292 cm³/mol. The van der Waals surface area contributed by atoms with Gasteiger partial charge in [-0.05, 0) is 131 Å². The summed E-state index contributed by atoms with van der Waals surface area (Å²) in [5.74, 6) is 0. The van der Waals surface area contributed by atoms with Gasteiger partial charge < -0.3 is 14.7 Å². The molecule has 68 heavy (non-hydrogen) atoms. The largest absolute Gasteiger partial charge is 0.310 e. The Bertz CT molecular complexity index is 3630. The van der Waals surface area contributed by atoms with Crippen molar-refractivity contribution in [3.05, 3.63) is 273 Å². The number of rotatable bonds is 11. The maximum Gasteiger partial charge on any atom is 0.0547 e. The summed E-state index contributed by atoms with van der Waals surface area (Å²) in [5, 5.41) is 4.80. The molecule has 0 saturated carbocycles. The van der Waals surface area contributed by atoms with Gasteiger partial charge in [0, 0.05) is 76.4 Å². The molecule has 0 spiro atoms. The van der Waals surface area contributed by atoms with Crippen LogP contribution < -0.4 is 14.7 Å². The molecule has 0 saturated heterocycles. The zero-order chi connectivity index (χ0) is 45.2. The van der Waals surface area contributed by atoms with Gasteiger partial charge in [0.1, 0.15) is 0 Å². The van der Waals surface area contributed by atoms with E-state index in [1.54, 1.807) is 0 Å². The lowest BCUT2D eigenvalue weighted by Gasteiger charge is -2.29. The molecule has 0 aliphatic rings. The molecule has 0 unspecified atom stereocenters. The van der Waals surface area contributed by atoms with Gasteiger partial charge in [0.2, 0.25) is 0 Å². The minimum atomic E-state index is 1.09. The fraction of sp³-hybridized carbons (Fsp3) is 0. The van der Waals surface area contributed by atoms with Gasteiger partial charge in [-0.15, -0.1) is 11.3 Å². The van der Waals surface area contributed by atoms with Crippen molar-refractivity contribution in [2.45, 2.75) is 0 Å². The third-order valence-electron chi connectivity index (χ3n) is 12.8. The highest BCUT2D eigenvalue weighted by atomic mass is 32.1. The van der Waals surface area contributed by atoms with E-state index in [9.17, 15) is 0 Å². The Hall–Kier alpha value is -8.70. The van der Waals surface area contributed by atoms with E-state index in [1.165, 1.54) is 53.2 Å². The first-order chi connectivity index (χ1) is 33.7. The number of benzene rings is 11. The maximum absolute atomic E-state index is 2.44. The maximum atomic E-state index is 2.44. The molecule has 322 valence electrons. The summed E-state index contributed by atoms with van der Waals surface area (Å²) in [7, 11) is 0. The van der Waals surface area contributed by atoms with Gasteiger partial charge in [-0.1, -0.05) is 164 Å². The molecule has 1 aromatic heterocycles. The topological polar surface area (TPSA) is 9.72 Å². The number of fused-ring (bicyclic) bond motifs is 5. The summed E-state index contributed by atoms with van der Waals surface area (Å²) in [6.07, 6.45) is 0. The molecule has 0 aliphatic carbocycles. The Kier molecular flexibility index (Phi) is 10.8. The van der Waals surface area contributed by atoms with E-state index in [-0.39, 0.29) is 0 Å². The quantitative estimate of drug-likeness (QED) is 0.128. The minimum Gasteiger partial charge on any atom is -0.310 e. The van der Waals surface area contributed by atoms with Gasteiger partial charge in [-0.2, -0.15) is 0 Å². The van der Waals surface area contributed by atoms with Crippen molar-refractivity contribution in [1.29, 1.82) is 0 Å². The SMILES string of the molecule is c1ccc(-c2cccc(N(c3ccccc3)c3ccc4sc5c6cc(N(c7ccccc7)c7ccccc7)ccc6c(N(c6ccccc6)c6cccc(-c7ccccc7)c6)cc5c4c3)c2)cc1. The lowest BCUT2D eigenvalue weighted by Crippen LogP contribution is -2.11. The van der Waals surface area contributed by atoms with E-state index in [1.807, 2.05) is 11.3 Å². The van der Waals surface area contributed by atoms with Crippen LogP contribution in [0.25, 0.3) is 53.2 Å². The average molecular weight is 888 g/mol. The highest BCUT2D eigenvalue weighted by molar-refractivity contribution is 7.26. The van der Waals surface area contributed by atoms with E-state index >= 15 is 0 Å². The molecule has 11 aromatic carbocycles. The van der Waals surface area contributed by atoms with Crippen LogP contribution in [0.3, 0.4) is 0 Å². The lowest BCUT2D eigenvalue weighted by atomic mass is 9.99. The molecule has 0 N–H and O–H groups in total. The van der Waals surface area contributed by atoms with Crippen LogP contribution in [0.15, 0.2) is 273 Å². The van der Waals surface area contributed by atoms with Crippen molar-refractivity contribution in [2.24, 2.45) is 0 Å². The van der Waals surface area contributed by atoms with Crippen molar-refractivity contribution >= 4 is 93.5 Å². The Morgan fingerprint density at radius 2 is 0.574 bits per heavy atom. The summed E-state index contributed by atoms with van der Waals surface area (Å²) >= 11 is 1.87. The molecule has 0 fully saturated rings. The molecule has 0 atom stereocenters. The minimum absolute atomic E-state index is 1.09. The highest BCUT2D eigenvalue weighted by Crippen LogP contribution is 2.50. The van der Waals surface area contributed by atoms with Gasteiger partial charge >= 0.3 is 0 Å². The number of hydrogen-bond donors (Lipinski definition) is 0. The second-order valence-corrected chi connectivity index (χ2v) is 18.0. The van der Waals surface area contributed by atoms with Crippen LogP contribution in [0.1, 0.15) is 0 Å². The summed E-state index contributed by atoms with van der Waals surface area (Å²) in [5.41, 5.74) is 14.6. The molecular formula is C64H45N3S. The average Bonchev–Trinajstić information content (AvgIpc) is 3.79. The molecule has 12 aromatic rings. The van der Waals surface area contributed by atoms with E-state index in [0.717, 1.165) is 51.2 Å². The lowest BCUT2D eigenvalue weighted by molar-refractivity contribution is 1.28. The van der Waals surface area contributed by atoms with Crippen LogP contribution >= 0.6 is 11.3 Å². The number of nitrogens with zero attached hydrogens (tertiary/aromatic N) is 3. The number of thiophene rings is 1. The normalized spacial score (nSPS) is 11.2. The van der Waals surface area contributed by atoms with Crippen molar-refractivity contribution < 1.29 is 0 Å². The first-order valence-corrected chi connectivity index (χ1v) is 23.9. The molecule has 1 heterocycles. The first-order valence-electron chi connectivity index (χ1n) is 23.1. The van der Waals surface area contributed by atoms with Gasteiger partial charge in [-0.3, -0.25) is 0 Å². The molecule has 4 heteroatoms. The molecule has 0 radical (unpaired) electrons. The smallest absolute Gasteiger partial charge is 0.0547 e. The third kappa shape index (κ3) is 7.73. The second-order valence-electron chi connectivity index (χ2n) is 17.0. The van der Waals surface area contributed by atoms with Crippen molar-refractivity contribution in [3.63, 3.8) is 0 Å². The Morgan fingerprint density at radius 1 is 0.221 bits per heavy atom. The van der Waals surface area contributed by atoms with Crippen LogP contribution in [-0.4, -0.2) is 0 Å². The van der Waals surface area contributed by atoms with E-state index in [4.69, 9.17) is 0 Å². The number of para-hydroxylation sites is 4. The number of anilines is 9. The third-order valence-corrected chi connectivity index (χ3v) is 14.0. The highest BCUT2D eigenvalue weighted by Gasteiger charge is 2.23. The number of hydrogen-bond acceptors (Lipinski definition) is 4. The molecule has 12 rings (SSSR count). The Balaban J connectivity index is 1.12. The summed E-state index contributed by atoms with van der Waals surface area (Å²) < 4.78 is 2.49. The first kappa shape index (κ1) is 40.8. The van der Waals surface area contributed by atoms with Gasteiger partial charge in [0.05, 0.1) is 5.69 Å². The van der Waals surface area contributed by atoms with Crippen LogP contribution in [-0.2, 0) is 0 Å². The van der Waals surface area contributed by atoms with Crippen molar-refractivity contribution in [2.75, 3.05) is 14.7 Å². The summed E-state index contributed by atoms with van der Waals surface area (Å²) in [6, 6.07) is 98.5. The zero-order valence-electron chi connectivity index (χ0n) is 37.2. The predicted octanol–water partition coefficient (Wildman–Crippen LogP) is 19.0. The standard InChI is InChI=1S/C64H45N3S/c1-7-21-46(22-8-1)48-25-19-35-54(41-48)66(52-31-15-5-16-32-52)57-38-40-63-59(43-57)61-45-62(67(53-33-17-6-18-34-53)55-36-20-26-49(42-55)47-23-9-2-10-24-47)58-39-37-56(44-60(58)64(61)68-63)65(50-27-11-3-12-28-50)51-29-13-4-14-30-51/h1-45H. The fourth-order valence-electron chi connectivity index (χ4n) is 9.61. The Morgan fingerprint density at radius 3 is 1.07 bits per heavy atom. The molecule has 3 nitrogen and oxygen atoms in total. The van der Waals surface area contributed by atoms with Crippen molar-refractivity contribution in [1.82, 2.24) is 0 Å². The molecular weight excluding hydrogens is 843 g/mol. The Labute approximate surface area is 401 Å². The van der Waals surface area contributed by atoms with Gasteiger partial charge in [0.25, 0.3) is 0 Å². The van der Waals surface area contributed by atoms with Crippen molar-refractivity contribution in [3.8, 4) is 22.3 Å². The van der Waals surface area contributed by atoms with E-state index < -0.39 is 0 Å². The molecule has 0 bridgehead atoms. The second kappa shape index (κ2) is 17.9. The van der Waals surface area contributed by atoms with Gasteiger partial charge in [-0.25, -0.2) is 0 Å². The van der Waals surface area contributed by atoms with Crippen LogP contribution in [0, 0.1) is 0 Å². The van der Waals surface area contributed by atoms with Crippen LogP contribution in [0.2, 0.25) is 0 Å². The fourth-order valence-corrected chi connectivity index (χ4v) is 10.8. The summed E-state index contributed by atoms with van der Waals surface area (Å²) in [4.78, 5) is 7.19. The van der Waals surface area contributed by atoms with E-state index in [0.29, 0.717) is 0 Å². The van der Waals surface area contributed by atoms with E-state index in [2.05, 4.69) is 288 Å². The summed E-state index contributed by atoms with van der Waals surface area (Å²) in [6.45, 7) is 0. The van der Waals surface area contributed by atoms with Crippen LogP contribution in [0.4, 0.5) is 51.2 Å². The van der Waals surface area contributed by atoms with Crippen LogP contribution in [0.5, 0.6) is 0 Å². The zero-order valence-corrected chi connectivity index (χ0v) is 38.0. The van der Waals surface area contributed by atoms with Gasteiger partial charge in [0.15, 0.2) is 0 Å². The molecule has 0 aliphatic heterocycles. The molecule has 0 amide bonds. The monoisotopic (exact) mass is 887 g/mol.